The van der Waals surface area contributed by atoms with Gasteiger partial charge in [0.1, 0.15) is 29.5 Å². The van der Waals surface area contributed by atoms with Crippen LogP contribution in [0.2, 0.25) is 0 Å². The standard InChI is InChI=1S/C22H20F5N9/c1-2-13(18(36-30)9-31-17-5-12(23)3-4-15(17)24)16-6-14(19(35-16)20(29)34-10-28)11-7-32-21(33-8-11)22(25,26)27/h3-10,13,35H,2,30H2,1H3,(H3,28,29,34). The van der Waals surface area contributed by atoms with E-state index in [-0.39, 0.29) is 28.5 Å². The molecule has 2 aromatic heterocycles. The first-order valence-corrected chi connectivity index (χ1v) is 10.3. The van der Waals surface area contributed by atoms with E-state index in [1.54, 1.807) is 13.0 Å². The van der Waals surface area contributed by atoms with Crippen LogP contribution < -0.4 is 11.6 Å². The Morgan fingerprint density at radius 1 is 1.19 bits per heavy atom. The number of hydrogen-bond donors (Lipinski definition) is 4. The van der Waals surface area contributed by atoms with Crippen molar-refractivity contribution >= 4 is 29.8 Å². The molecule has 0 aliphatic rings. The average molecular weight is 505 g/mol. The van der Waals surface area contributed by atoms with Crippen LogP contribution in [-0.2, 0) is 6.18 Å². The van der Waals surface area contributed by atoms with Crippen molar-refractivity contribution < 1.29 is 22.0 Å². The Morgan fingerprint density at radius 3 is 2.47 bits per heavy atom. The van der Waals surface area contributed by atoms with Crippen molar-refractivity contribution in [3.8, 4) is 11.1 Å². The molecule has 0 aliphatic carbocycles. The van der Waals surface area contributed by atoms with Gasteiger partial charge in [0.15, 0.2) is 0 Å². The number of hydrazone groups is 1. The number of alkyl halides is 3. The maximum Gasteiger partial charge on any atom is 0.451 e. The molecule has 0 spiro atoms. The molecule has 0 bridgehead atoms. The van der Waals surface area contributed by atoms with Crippen molar-refractivity contribution in [2.75, 3.05) is 0 Å². The summed E-state index contributed by atoms with van der Waals surface area (Å²) in [4.78, 5) is 17.4. The summed E-state index contributed by atoms with van der Waals surface area (Å²) in [5.74, 6) is 2.12. The van der Waals surface area contributed by atoms with Crippen LogP contribution in [0.4, 0.5) is 27.6 Å². The van der Waals surface area contributed by atoms with Gasteiger partial charge in [0.25, 0.3) is 0 Å². The van der Waals surface area contributed by atoms with Gasteiger partial charge < -0.3 is 16.6 Å². The molecule has 14 heteroatoms. The summed E-state index contributed by atoms with van der Waals surface area (Å²) in [6, 6.07) is 4.36. The molecule has 36 heavy (non-hydrogen) atoms. The molecule has 3 aromatic rings. The van der Waals surface area contributed by atoms with Crippen LogP contribution in [0.3, 0.4) is 0 Å². The highest BCUT2D eigenvalue weighted by Crippen LogP contribution is 2.31. The van der Waals surface area contributed by atoms with Gasteiger partial charge in [-0.3, -0.25) is 10.4 Å². The number of hydrogen-bond acceptors (Lipinski definition) is 6. The SMILES string of the molecule is CCC(C(C=Nc1cc(F)ccc1F)=NN)c1cc(-c2cnc(C(F)(F)F)nc2)c(C(N)=NC=N)[nH]1. The van der Waals surface area contributed by atoms with Gasteiger partial charge >= 0.3 is 6.18 Å². The molecule has 0 aliphatic heterocycles. The maximum atomic E-state index is 14.0. The van der Waals surface area contributed by atoms with E-state index in [0.29, 0.717) is 24.0 Å². The van der Waals surface area contributed by atoms with E-state index in [9.17, 15) is 22.0 Å². The van der Waals surface area contributed by atoms with E-state index >= 15 is 0 Å². The number of halogens is 5. The average Bonchev–Trinajstić information content (AvgIpc) is 3.28. The first kappa shape index (κ1) is 26.1. The largest absolute Gasteiger partial charge is 0.451 e. The Balaban J connectivity index is 2.05. The Hall–Kier alpha value is -4.49. The van der Waals surface area contributed by atoms with E-state index < -0.39 is 29.6 Å². The summed E-state index contributed by atoms with van der Waals surface area (Å²) in [5, 5.41) is 10.9. The second-order valence-corrected chi connectivity index (χ2v) is 7.32. The number of benzene rings is 1. The molecule has 0 radical (unpaired) electrons. The van der Waals surface area contributed by atoms with Gasteiger partial charge in [-0.25, -0.2) is 23.7 Å². The summed E-state index contributed by atoms with van der Waals surface area (Å²) in [6.45, 7) is 1.79. The van der Waals surface area contributed by atoms with Crippen LogP contribution in [0.5, 0.6) is 0 Å². The molecule has 9 nitrogen and oxygen atoms in total. The van der Waals surface area contributed by atoms with Gasteiger partial charge in [0.05, 0.1) is 17.6 Å². The predicted molar refractivity (Wildman–Crippen MR) is 125 cm³/mol. The number of rotatable bonds is 8. The van der Waals surface area contributed by atoms with E-state index in [0.717, 1.165) is 30.6 Å². The number of aromatic nitrogens is 3. The van der Waals surface area contributed by atoms with E-state index in [1.165, 1.54) is 6.21 Å². The lowest BCUT2D eigenvalue weighted by molar-refractivity contribution is -0.144. The van der Waals surface area contributed by atoms with Gasteiger partial charge in [-0.2, -0.15) is 18.3 Å². The van der Waals surface area contributed by atoms with E-state index in [2.05, 4.69) is 30.0 Å². The maximum absolute atomic E-state index is 14.0. The fourth-order valence-corrected chi connectivity index (χ4v) is 3.36. The van der Waals surface area contributed by atoms with Crippen LogP contribution in [0.15, 0.2) is 51.7 Å². The molecule has 1 unspecified atom stereocenters. The molecular weight excluding hydrogens is 485 g/mol. The van der Waals surface area contributed by atoms with Crippen molar-refractivity contribution in [3.63, 3.8) is 0 Å². The molecule has 0 saturated heterocycles. The zero-order chi connectivity index (χ0) is 26.5. The Bertz CT molecular complexity index is 1320. The minimum Gasteiger partial charge on any atom is -0.382 e. The third kappa shape index (κ3) is 5.76. The van der Waals surface area contributed by atoms with Crippen molar-refractivity contribution in [3.05, 3.63) is 65.5 Å². The molecule has 0 fully saturated rings. The summed E-state index contributed by atoms with van der Waals surface area (Å²) in [5.41, 5.74) is 7.04. The lowest BCUT2D eigenvalue weighted by Crippen LogP contribution is -2.18. The number of nitrogens with zero attached hydrogens (tertiary/aromatic N) is 5. The molecule has 2 heterocycles. The molecule has 3 rings (SSSR count). The van der Waals surface area contributed by atoms with Gasteiger partial charge in [0.2, 0.25) is 5.82 Å². The molecule has 188 valence electrons. The van der Waals surface area contributed by atoms with E-state index in [4.69, 9.17) is 17.0 Å². The fourth-order valence-electron chi connectivity index (χ4n) is 3.36. The minimum absolute atomic E-state index is 0.122. The quantitative estimate of drug-likeness (QED) is 0.118. The molecular formula is C22H20F5N9. The highest BCUT2D eigenvalue weighted by Gasteiger charge is 2.34. The summed E-state index contributed by atoms with van der Waals surface area (Å²) in [7, 11) is 0. The van der Waals surface area contributed by atoms with Crippen molar-refractivity contribution in [2.24, 2.45) is 26.7 Å². The molecule has 1 atom stereocenters. The second kappa shape index (κ2) is 10.8. The van der Waals surface area contributed by atoms with Crippen molar-refractivity contribution in [1.82, 2.24) is 15.0 Å². The fraction of sp³-hybridized carbons (Fsp3) is 0.182. The van der Waals surface area contributed by atoms with Gasteiger partial charge in [0, 0.05) is 41.2 Å². The van der Waals surface area contributed by atoms with E-state index in [1.807, 2.05) is 0 Å². The third-order valence-corrected chi connectivity index (χ3v) is 5.05. The van der Waals surface area contributed by atoms with Gasteiger partial charge in [-0.1, -0.05) is 6.92 Å². The zero-order valence-electron chi connectivity index (χ0n) is 18.7. The van der Waals surface area contributed by atoms with Gasteiger partial charge in [-0.15, -0.1) is 0 Å². The van der Waals surface area contributed by atoms with Crippen LogP contribution >= 0.6 is 0 Å². The minimum atomic E-state index is -4.72. The molecule has 6 N–H and O–H groups in total. The number of aromatic amines is 1. The third-order valence-electron chi connectivity index (χ3n) is 5.05. The second-order valence-electron chi connectivity index (χ2n) is 7.32. The highest BCUT2D eigenvalue weighted by atomic mass is 19.4. The summed E-state index contributed by atoms with van der Waals surface area (Å²) in [6.07, 6.45) is -0.465. The Labute approximate surface area is 201 Å². The number of amidine groups is 1. The molecule has 0 amide bonds. The number of nitrogens with two attached hydrogens (primary N) is 2. The lowest BCUT2D eigenvalue weighted by atomic mass is 9.96. The first-order valence-electron chi connectivity index (χ1n) is 10.3. The van der Waals surface area contributed by atoms with Crippen LogP contribution in [0.1, 0.15) is 36.5 Å². The Morgan fingerprint density at radius 2 is 1.89 bits per heavy atom. The van der Waals surface area contributed by atoms with Crippen LogP contribution in [0.25, 0.3) is 11.1 Å². The number of H-pyrrole nitrogens is 1. The van der Waals surface area contributed by atoms with Crippen molar-refractivity contribution in [2.45, 2.75) is 25.4 Å². The number of nitrogens with one attached hydrogen (secondary N) is 2. The van der Waals surface area contributed by atoms with Gasteiger partial charge in [-0.05, 0) is 24.6 Å². The predicted octanol–water partition coefficient (Wildman–Crippen LogP) is 4.29. The lowest BCUT2D eigenvalue weighted by Gasteiger charge is -2.12. The topological polar surface area (TPSA) is 155 Å². The normalized spacial score (nSPS) is 13.8. The van der Waals surface area contributed by atoms with Crippen LogP contribution in [-0.4, -0.2) is 39.1 Å². The number of aliphatic imine (C=N–C) groups is 2. The smallest absolute Gasteiger partial charge is 0.382 e. The van der Waals surface area contributed by atoms with Crippen LogP contribution in [0, 0.1) is 17.0 Å². The highest BCUT2D eigenvalue weighted by molar-refractivity contribution is 6.33. The molecule has 1 aromatic carbocycles. The molecule has 0 saturated carbocycles. The summed E-state index contributed by atoms with van der Waals surface area (Å²) >= 11 is 0. The Kier molecular flexibility index (Phi) is 7.86. The summed E-state index contributed by atoms with van der Waals surface area (Å²) < 4.78 is 66.1. The zero-order valence-corrected chi connectivity index (χ0v) is 18.7. The first-order chi connectivity index (χ1) is 17.1. The monoisotopic (exact) mass is 505 g/mol. The van der Waals surface area contributed by atoms with Crippen molar-refractivity contribution in [1.29, 1.82) is 5.41 Å².